The van der Waals surface area contributed by atoms with Crippen molar-refractivity contribution in [2.24, 2.45) is 0 Å². The van der Waals surface area contributed by atoms with Crippen LogP contribution in [0.4, 0.5) is 17.2 Å². The van der Waals surface area contributed by atoms with E-state index in [0.29, 0.717) is 28.8 Å². The first-order valence-electron chi connectivity index (χ1n) is 6.79. The van der Waals surface area contributed by atoms with E-state index in [0.717, 1.165) is 18.4 Å². The summed E-state index contributed by atoms with van der Waals surface area (Å²) in [5, 5.41) is 3.49. The summed E-state index contributed by atoms with van der Waals surface area (Å²) < 4.78 is 25.6. The SMILES string of the molecule is CS(=O)(=O)N1CCCc2cccc(Nc3ncncc3Cl)c21. The average Bonchev–Trinajstić information content (AvgIpc) is 2.48. The first-order chi connectivity index (χ1) is 10.5. The highest BCUT2D eigenvalue weighted by molar-refractivity contribution is 7.92. The molecule has 1 aromatic carbocycles. The molecule has 0 radical (unpaired) electrons. The van der Waals surface area contributed by atoms with Crippen LogP contribution in [-0.2, 0) is 16.4 Å². The summed E-state index contributed by atoms with van der Waals surface area (Å²) in [4.78, 5) is 7.93. The number of hydrogen-bond donors (Lipinski definition) is 1. The molecular weight excluding hydrogens is 324 g/mol. The quantitative estimate of drug-likeness (QED) is 0.931. The molecule has 2 aromatic rings. The third-order valence-electron chi connectivity index (χ3n) is 3.50. The molecule has 1 aromatic heterocycles. The number of aromatic nitrogens is 2. The van der Waals surface area contributed by atoms with Crippen molar-refractivity contribution < 1.29 is 8.42 Å². The molecule has 0 saturated heterocycles. The van der Waals surface area contributed by atoms with Gasteiger partial charge in [-0.1, -0.05) is 23.7 Å². The van der Waals surface area contributed by atoms with Crippen molar-refractivity contribution in [3.8, 4) is 0 Å². The van der Waals surface area contributed by atoms with Crippen LogP contribution < -0.4 is 9.62 Å². The van der Waals surface area contributed by atoms with Gasteiger partial charge in [-0.25, -0.2) is 18.4 Å². The second-order valence-electron chi connectivity index (χ2n) is 5.10. The first-order valence-corrected chi connectivity index (χ1v) is 9.01. The third-order valence-corrected chi connectivity index (χ3v) is 4.94. The highest BCUT2D eigenvalue weighted by Gasteiger charge is 2.26. The standard InChI is InChI=1S/C14H15ClN4O2S/c1-22(20,21)19-7-3-5-10-4-2-6-12(13(10)19)18-14-11(15)8-16-9-17-14/h2,4,6,8-9H,3,5,7H2,1H3,(H,16,17,18). The van der Waals surface area contributed by atoms with Gasteiger partial charge in [0.15, 0.2) is 5.82 Å². The van der Waals surface area contributed by atoms with E-state index in [1.807, 2.05) is 18.2 Å². The molecule has 2 heterocycles. The molecule has 1 N–H and O–H groups in total. The molecule has 0 aliphatic carbocycles. The van der Waals surface area contributed by atoms with Gasteiger partial charge in [0.25, 0.3) is 0 Å². The molecular formula is C14H15ClN4O2S. The van der Waals surface area contributed by atoms with E-state index in [1.54, 1.807) is 0 Å². The smallest absolute Gasteiger partial charge is 0.232 e. The molecule has 3 rings (SSSR count). The maximum atomic E-state index is 12.1. The van der Waals surface area contributed by atoms with Gasteiger partial charge < -0.3 is 5.32 Å². The molecule has 0 atom stereocenters. The Hall–Kier alpha value is -1.86. The van der Waals surface area contributed by atoms with Crippen LogP contribution >= 0.6 is 11.6 Å². The number of nitrogens with zero attached hydrogens (tertiary/aromatic N) is 3. The third kappa shape index (κ3) is 2.86. The predicted molar refractivity (Wildman–Crippen MR) is 87.3 cm³/mol. The normalized spacial score (nSPS) is 14.5. The molecule has 0 amide bonds. The van der Waals surface area contributed by atoms with Crippen molar-refractivity contribution in [1.29, 1.82) is 0 Å². The fourth-order valence-corrected chi connectivity index (χ4v) is 3.74. The molecule has 0 spiro atoms. The first kappa shape index (κ1) is 15.1. The lowest BCUT2D eigenvalue weighted by Gasteiger charge is -2.31. The molecule has 22 heavy (non-hydrogen) atoms. The second-order valence-corrected chi connectivity index (χ2v) is 7.41. The number of anilines is 3. The van der Waals surface area contributed by atoms with Gasteiger partial charge in [-0.3, -0.25) is 4.31 Å². The van der Waals surface area contributed by atoms with Crippen molar-refractivity contribution in [2.45, 2.75) is 12.8 Å². The Kier molecular flexibility index (Phi) is 3.92. The van der Waals surface area contributed by atoms with Crippen molar-refractivity contribution in [3.63, 3.8) is 0 Å². The minimum Gasteiger partial charge on any atom is -0.337 e. The maximum Gasteiger partial charge on any atom is 0.232 e. The van der Waals surface area contributed by atoms with Gasteiger partial charge in [0.2, 0.25) is 10.0 Å². The van der Waals surface area contributed by atoms with Crippen LogP contribution in [0, 0.1) is 0 Å². The number of fused-ring (bicyclic) bond motifs is 1. The van der Waals surface area contributed by atoms with Gasteiger partial charge in [0.05, 0.1) is 23.8 Å². The highest BCUT2D eigenvalue weighted by Crippen LogP contribution is 2.38. The van der Waals surface area contributed by atoms with E-state index < -0.39 is 10.0 Å². The molecule has 0 saturated carbocycles. The summed E-state index contributed by atoms with van der Waals surface area (Å²) in [6, 6.07) is 5.66. The highest BCUT2D eigenvalue weighted by atomic mass is 35.5. The van der Waals surface area contributed by atoms with Crippen molar-refractivity contribution >= 4 is 38.8 Å². The average molecular weight is 339 g/mol. The Morgan fingerprint density at radius 3 is 2.91 bits per heavy atom. The molecule has 1 aliphatic heterocycles. The fourth-order valence-electron chi connectivity index (χ4n) is 2.58. The van der Waals surface area contributed by atoms with E-state index in [-0.39, 0.29) is 0 Å². The molecule has 1 aliphatic rings. The van der Waals surface area contributed by atoms with E-state index in [2.05, 4.69) is 15.3 Å². The molecule has 0 unspecified atom stereocenters. The number of halogens is 1. The Morgan fingerprint density at radius 1 is 1.36 bits per heavy atom. The maximum absolute atomic E-state index is 12.1. The second kappa shape index (κ2) is 5.73. The largest absolute Gasteiger partial charge is 0.337 e. The summed E-state index contributed by atoms with van der Waals surface area (Å²) in [6.07, 6.45) is 5.74. The monoisotopic (exact) mass is 338 g/mol. The van der Waals surface area contributed by atoms with Crippen LogP contribution in [0.3, 0.4) is 0 Å². The number of rotatable bonds is 3. The van der Waals surface area contributed by atoms with Crippen molar-refractivity contribution in [1.82, 2.24) is 9.97 Å². The fraction of sp³-hybridized carbons (Fsp3) is 0.286. The number of para-hydroxylation sites is 1. The Bertz CT molecular complexity index is 810. The number of nitrogens with one attached hydrogen (secondary N) is 1. The van der Waals surface area contributed by atoms with Crippen LogP contribution in [0.5, 0.6) is 0 Å². The van der Waals surface area contributed by atoms with E-state index >= 15 is 0 Å². The Labute approximate surface area is 134 Å². The zero-order chi connectivity index (χ0) is 15.7. The summed E-state index contributed by atoms with van der Waals surface area (Å²) in [5.41, 5.74) is 2.33. The minimum atomic E-state index is -3.34. The summed E-state index contributed by atoms with van der Waals surface area (Å²) >= 11 is 6.06. The van der Waals surface area contributed by atoms with Gasteiger partial charge >= 0.3 is 0 Å². The van der Waals surface area contributed by atoms with E-state index in [1.165, 1.54) is 23.1 Å². The van der Waals surface area contributed by atoms with Crippen molar-refractivity contribution in [2.75, 3.05) is 22.4 Å². The summed E-state index contributed by atoms with van der Waals surface area (Å²) in [7, 11) is -3.34. The zero-order valence-electron chi connectivity index (χ0n) is 12.0. The predicted octanol–water partition coefficient (Wildman–Crippen LogP) is 2.59. The van der Waals surface area contributed by atoms with Crippen LogP contribution in [0.2, 0.25) is 5.02 Å². The number of aryl methyl sites for hydroxylation is 1. The van der Waals surface area contributed by atoms with E-state index in [9.17, 15) is 8.42 Å². The number of sulfonamides is 1. The lowest BCUT2D eigenvalue weighted by molar-refractivity contribution is 0.592. The topological polar surface area (TPSA) is 75.2 Å². The van der Waals surface area contributed by atoms with E-state index in [4.69, 9.17) is 11.6 Å². The van der Waals surface area contributed by atoms with Crippen molar-refractivity contribution in [3.05, 3.63) is 41.3 Å². The van der Waals surface area contributed by atoms with Gasteiger partial charge in [0, 0.05) is 6.54 Å². The molecule has 0 fully saturated rings. The van der Waals surface area contributed by atoms with Crippen LogP contribution in [0.15, 0.2) is 30.7 Å². The lowest BCUT2D eigenvalue weighted by atomic mass is 10.0. The van der Waals surface area contributed by atoms with Gasteiger partial charge in [-0.2, -0.15) is 0 Å². The van der Waals surface area contributed by atoms with Gasteiger partial charge in [-0.15, -0.1) is 0 Å². The number of hydrogen-bond acceptors (Lipinski definition) is 5. The molecule has 0 bridgehead atoms. The van der Waals surface area contributed by atoms with Gasteiger partial charge in [0.1, 0.15) is 11.3 Å². The minimum absolute atomic E-state index is 0.377. The van der Waals surface area contributed by atoms with Crippen LogP contribution in [-0.4, -0.2) is 31.2 Å². The summed E-state index contributed by atoms with van der Waals surface area (Å²) in [5.74, 6) is 0.448. The van der Waals surface area contributed by atoms with Crippen LogP contribution in [0.1, 0.15) is 12.0 Å². The Morgan fingerprint density at radius 2 is 2.18 bits per heavy atom. The number of benzene rings is 1. The molecule has 8 heteroatoms. The van der Waals surface area contributed by atoms with Crippen LogP contribution in [0.25, 0.3) is 0 Å². The molecule has 116 valence electrons. The summed E-state index contributed by atoms with van der Waals surface area (Å²) in [6.45, 7) is 0.474. The Balaban J connectivity index is 2.09. The van der Waals surface area contributed by atoms with Gasteiger partial charge in [-0.05, 0) is 24.5 Å². The zero-order valence-corrected chi connectivity index (χ0v) is 13.5. The lowest BCUT2D eigenvalue weighted by Crippen LogP contribution is -2.35. The molecule has 6 nitrogen and oxygen atoms in total.